The molecule has 0 aromatic carbocycles. The standard InChI is InChI=1S/C10H17N5O3S3/c1-6(2)15(5-4-8(11)19)21(17,18)10-14-13-9(20-10)12-7(3)16/h6H,4-5H2,1-3H3,(H2,11,19)(H,12,13,16). The molecular formula is C10H17N5O3S3. The predicted molar refractivity (Wildman–Crippen MR) is 84.6 cm³/mol. The maximum Gasteiger partial charge on any atom is 0.272 e. The number of nitrogens with zero attached hydrogens (tertiary/aromatic N) is 3. The average Bonchev–Trinajstić information content (AvgIpc) is 2.76. The Morgan fingerprint density at radius 2 is 2.10 bits per heavy atom. The van der Waals surface area contributed by atoms with Gasteiger partial charge in [-0.3, -0.25) is 4.79 Å². The zero-order valence-electron chi connectivity index (χ0n) is 11.9. The van der Waals surface area contributed by atoms with Crippen LogP contribution < -0.4 is 11.1 Å². The highest BCUT2D eigenvalue weighted by Gasteiger charge is 2.30. The Balaban J connectivity index is 3.02. The van der Waals surface area contributed by atoms with E-state index in [9.17, 15) is 13.2 Å². The van der Waals surface area contributed by atoms with Gasteiger partial charge in [0.25, 0.3) is 10.0 Å². The van der Waals surface area contributed by atoms with Crippen molar-refractivity contribution in [3.63, 3.8) is 0 Å². The molecule has 1 amide bonds. The Hall–Kier alpha value is -1.17. The molecule has 3 N–H and O–H groups in total. The lowest BCUT2D eigenvalue weighted by Crippen LogP contribution is -2.38. The van der Waals surface area contributed by atoms with Crippen LogP contribution in [0.4, 0.5) is 5.13 Å². The van der Waals surface area contributed by atoms with E-state index < -0.39 is 10.0 Å². The smallest absolute Gasteiger partial charge is 0.272 e. The lowest BCUT2D eigenvalue weighted by atomic mass is 10.3. The van der Waals surface area contributed by atoms with Crippen LogP contribution in [0.15, 0.2) is 4.34 Å². The summed E-state index contributed by atoms with van der Waals surface area (Å²) >= 11 is 5.58. The summed E-state index contributed by atoms with van der Waals surface area (Å²) in [4.78, 5) is 11.2. The number of aromatic nitrogens is 2. The van der Waals surface area contributed by atoms with E-state index in [1.165, 1.54) is 11.2 Å². The normalized spacial score (nSPS) is 11.9. The van der Waals surface area contributed by atoms with Crippen LogP contribution in [-0.2, 0) is 14.8 Å². The van der Waals surface area contributed by atoms with Crippen LogP contribution in [0.3, 0.4) is 0 Å². The van der Waals surface area contributed by atoms with Gasteiger partial charge in [-0.2, -0.15) is 4.31 Å². The Kier molecular flexibility index (Phi) is 6.13. The molecule has 0 aliphatic heterocycles. The van der Waals surface area contributed by atoms with E-state index in [0.717, 1.165) is 11.3 Å². The molecule has 0 saturated carbocycles. The summed E-state index contributed by atoms with van der Waals surface area (Å²) in [6, 6.07) is -0.280. The lowest BCUT2D eigenvalue weighted by Gasteiger charge is -2.24. The number of hydrogen-bond donors (Lipinski definition) is 2. The van der Waals surface area contributed by atoms with E-state index in [2.05, 4.69) is 15.5 Å². The van der Waals surface area contributed by atoms with Gasteiger partial charge in [0.15, 0.2) is 0 Å². The van der Waals surface area contributed by atoms with Crippen molar-refractivity contribution in [1.82, 2.24) is 14.5 Å². The number of nitrogens with one attached hydrogen (secondary N) is 1. The molecule has 21 heavy (non-hydrogen) atoms. The topological polar surface area (TPSA) is 118 Å². The van der Waals surface area contributed by atoms with Crippen LogP contribution in [0.25, 0.3) is 0 Å². The monoisotopic (exact) mass is 351 g/mol. The summed E-state index contributed by atoms with van der Waals surface area (Å²) in [5, 5.41) is 9.81. The van der Waals surface area contributed by atoms with Crippen molar-refractivity contribution >= 4 is 49.6 Å². The summed E-state index contributed by atoms with van der Waals surface area (Å²) in [7, 11) is -3.80. The number of carbonyl (C=O) groups excluding carboxylic acids is 1. The van der Waals surface area contributed by atoms with Crippen molar-refractivity contribution in [2.24, 2.45) is 5.73 Å². The predicted octanol–water partition coefficient (Wildman–Crippen LogP) is 0.572. The van der Waals surface area contributed by atoms with Crippen molar-refractivity contribution in [3.8, 4) is 0 Å². The number of nitrogens with two attached hydrogens (primary N) is 1. The van der Waals surface area contributed by atoms with Gasteiger partial charge in [0.1, 0.15) is 0 Å². The number of rotatable bonds is 7. The van der Waals surface area contributed by atoms with Crippen LogP contribution in [0.1, 0.15) is 27.2 Å². The van der Waals surface area contributed by atoms with E-state index in [4.69, 9.17) is 18.0 Å². The van der Waals surface area contributed by atoms with Crippen LogP contribution in [0, 0.1) is 0 Å². The fourth-order valence-electron chi connectivity index (χ4n) is 1.49. The van der Waals surface area contributed by atoms with Crippen molar-refractivity contribution in [2.75, 3.05) is 11.9 Å². The Morgan fingerprint density at radius 3 is 2.57 bits per heavy atom. The fourth-order valence-corrected chi connectivity index (χ4v) is 4.28. The first-order chi connectivity index (χ1) is 9.64. The van der Waals surface area contributed by atoms with E-state index in [1.54, 1.807) is 13.8 Å². The molecule has 0 atom stereocenters. The number of amides is 1. The van der Waals surface area contributed by atoms with E-state index >= 15 is 0 Å². The first-order valence-corrected chi connectivity index (χ1v) is 8.72. The first-order valence-electron chi connectivity index (χ1n) is 6.06. The van der Waals surface area contributed by atoms with Gasteiger partial charge in [0, 0.05) is 25.9 Å². The Morgan fingerprint density at radius 1 is 1.48 bits per heavy atom. The highest BCUT2D eigenvalue weighted by molar-refractivity contribution is 7.91. The molecule has 0 saturated heterocycles. The minimum Gasteiger partial charge on any atom is -0.393 e. The van der Waals surface area contributed by atoms with Crippen molar-refractivity contribution in [1.29, 1.82) is 0 Å². The maximum atomic E-state index is 12.5. The maximum absolute atomic E-state index is 12.5. The number of hydrogen-bond acceptors (Lipinski definition) is 7. The third kappa shape index (κ3) is 4.95. The van der Waals surface area contributed by atoms with Crippen molar-refractivity contribution < 1.29 is 13.2 Å². The van der Waals surface area contributed by atoms with E-state index in [1.807, 2.05) is 0 Å². The van der Waals surface area contributed by atoms with Gasteiger partial charge in [0.2, 0.25) is 15.4 Å². The lowest BCUT2D eigenvalue weighted by molar-refractivity contribution is -0.114. The first kappa shape index (κ1) is 17.9. The molecule has 0 radical (unpaired) electrons. The van der Waals surface area contributed by atoms with Gasteiger partial charge in [-0.1, -0.05) is 23.6 Å². The molecular weight excluding hydrogens is 334 g/mol. The van der Waals surface area contributed by atoms with Gasteiger partial charge in [-0.15, -0.1) is 10.2 Å². The second kappa shape index (κ2) is 7.20. The number of anilines is 1. The number of carbonyl (C=O) groups is 1. The van der Waals surface area contributed by atoms with Gasteiger partial charge in [-0.05, 0) is 13.8 Å². The zero-order valence-corrected chi connectivity index (χ0v) is 14.3. The van der Waals surface area contributed by atoms with E-state index in [-0.39, 0.29) is 39.4 Å². The second-order valence-electron chi connectivity index (χ2n) is 4.48. The minimum absolute atomic E-state index is 0.138. The molecule has 0 spiro atoms. The molecule has 0 fully saturated rings. The van der Waals surface area contributed by atoms with Gasteiger partial charge >= 0.3 is 0 Å². The molecule has 1 aromatic heterocycles. The number of sulfonamides is 1. The molecule has 0 unspecified atom stereocenters. The molecule has 1 aromatic rings. The summed E-state index contributed by atoms with van der Waals surface area (Å²) in [5.74, 6) is -0.343. The summed E-state index contributed by atoms with van der Waals surface area (Å²) in [6.45, 7) is 4.96. The second-order valence-corrected chi connectivity index (χ2v) is 8.05. The summed E-state index contributed by atoms with van der Waals surface area (Å²) in [5.41, 5.74) is 5.42. The molecule has 0 aliphatic carbocycles. The molecule has 1 rings (SSSR count). The van der Waals surface area contributed by atoms with Gasteiger partial charge in [-0.25, -0.2) is 8.42 Å². The summed E-state index contributed by atoms with van der Waals surface area (Å²) < 4.78 is 26.1. The fraction of sp³-hybridized carbons (Fsp3) is 0.600. The third-order valence-electron chi connectivity index (χ3n) is 2.37. The largest absolute Gasteiger partial charge is 0.393 e. The van der Waals surface area contributed by atoms with Crippen LogP contribution in [0.5, 0.6) is 0 Å². The van der Waals surface area contributed by atoms with Crippen LogP contribution in [0.2, 0.25) is 0 Å². The molecule has 0 aliphatic rings. The SMILES string of the molecule is CC(=O)Nc1nnc(S(=O)(=O)N(CCC(N)=S)C(C)C)s1. The quantitative estimate of drug-likeness (QED) is 0.544. The highest BCUT2D eigenvalue weighted by Crippen LogP contribution is 2.24. The minimum atomic E-state index is -3.80. The third-order valence-corrected chi connectivity index (χ3v) is 5.84. The van der Waals surface area contributed by atoms with Crippen LogP contribution >= 0.6 is 23.6 Å². The molecule has 8 nitrogen and oxygen atoms in total. The molecule has 11 heteroatoms. The van der Waals surface area contributed by atoms with Crippen LogP contribution in [-0.4, -0.2) is 46.4 Å². The van der Waals surface area contributed by atoms with Gasteiger partial charge in [0.05, 0.1) is 4.99 Å². The summed E-state index contributed by atoms with van der Waals surface area (Å²) in [6.07, 6.45) is 0.282. The number of thiocarbonyl (C=S) groups is 1. The van der Waals surface area contributed by atoms with E-state index in [0.29, 0.717) is 0 Å². The Labute approximate surface area is 132 Å². The molecule has 1 heterocycles. The molecule has 118 valence electrons. The Bertz CT molecular complexity index is 626. The van der Waals surface area contributed by atoms with Gasteiger partial charge < -0.3 is 11.1 Å². The highest BCUT2D eigenvalue weighted by atomic mass is 32.2. The van der Waals surface area contributed by atoms with Crippen molar-refractivity contribution in [3.05, 3.63) is 0 Å². The van der Waals surface area contributed by atoms with Crippen molar-refractivity contribution in [2.45, 2.75) is 37.6 Å². The zero-order chi connectivity index (χ0) is 16.2. The average molecular weight is 351 g/mol. The molecule has 0 bridgehead atoms.